The first-order chi connectivity index (χ1) is 23.3. The number of likely N-dealkylation sites (N-methyl/N-ethyl adjacent to an activating group) is 1. The summed E-state index contributed by atoms with van der Waals surface area (Å²) in [5, 5.41) is 3.94. The zero-order valence-corrected chi connectivity index (χ0v) is 27.8. The van der Waals surface area contributed by atoms with E-state index in [0.29, 0.717) is 48.7 Å². The van der Waals surface area contributed by atoms with Gasteiger partial charge in [-0.15, -0.1) is 0 Å². The van der Waals surface area contributed by atoms with E-state index in [2.05, 4.69) is 38.6 Å². The molecule has 3 aromatic heterocycles. The Bertz CT molecular complexity index is 1760. The summed E-state index contributed by atoms with van der Waals surface area (Å²) < 4.78 is 43.9. The first-order valence-corrected chi connectivity index (χ1v) is 16.4. The maximum atomic E-state index is 15.8. The molecule has 12 nitrogen and oxygen atoms in total. The summed E-state index contributed by atoms with van der Waals surface area (Å²) in [7, 11) is 4.79. The first kappa shape index (κ1) is 33.5. The lowest BCUT2D eigenvalue weighted by Gasteiger charge is -2.34. The van der Waals surface area contributed by atoms with Crippen molar-refractivity contribution in [3.63, 3.8) is 0 Å². The number of imidazole rings is 1. The van der Waals surface area contributed by atoms with Gasteiger partial charge in [-0.2, -0.15) is 4.98 Å². The molecule has 0 saturated carbocycles. The summed E-state index contributed by atoms with van der Waals surface area (Å²) in [6.45, 7) is 13.0. The molecule has 0 unspecified atom stereocenters. The second-order valence-electron chi connectivity index (χ2n) is 12.3. The fourth-order valence-electron chi connectivity index (χ4n) is 6.39. The van der Waals surface area contributed by atoms with E-state index in [-0.39, 0.29) is 28.5 Å². The molecule has 0 spiro atoms. The van der Waals surface area contributed by atoms with E-state index in [9.17, 15) is 4.79 Å². The van der Waals surface area contributed by atoms with E-state index in [1.807, 2.05) is 11.1 Å². The minimum Gasteiger partial charge on any atom is -0.494 e. The molecule has 1 N–H and O–H groups in total. The maximum absolute atomic E-state index is 15.8. The SMILES string of the molecule is C=CC(=O)N1CCN(CCCc2cn3c(n2)c(-c2c(F)c(OC)cc(OC)c2F)cc2cnc(NCCN4CCN(C)CC4)nc23)CC1. The van der Waals surface area contributed by atoms with Crippen molar-refractivity contribution in [2.75, 3.05) is 98.6 Å². The van der Waals surface area contributed by atoms with Gasteiger partial charge in [-0.05, 0) is 38.6 Å². The van der Waals surface area contributed by atoms with Crippen molar-refractivity contribution in [3.05, 3.63) is 54.5 Å². The highest BCUT2D eigenvalue weighted by Gasteiger charge is 2.26. The molecule has 2 fully saturated rings. The number of amides is 1. The van der Waals surface area contributed by atoms with Gasteiger partial charge >= 0.3 is 0 Å². The van der Waals surface area contributed by atoms with Crippen LogP contribution in [0.5, 0.6) is 11.5 Å². The number of piperazine rings is 2. The normalized spacial score (nSPS) is 16.5. The third-order valence-corrected chi connectivity index (χ3v) is 9.24. The van der Waals surface area contributed by atoms with E-state index in [1.54, 1.807) is 16.7 Å². The van der Waals surface area contributed by atoms with Crippen LogP contribution in [0.25, 0.3) is 27.8 Å². The molecule has 14 heteroatoms. The van der Waals surface area contributed by atoms with Gasteiger partial charge in [-0.25, -0.2) is 18.7 Å². The molecule has 2 saturated heterocycles. The second-order valence-corrected chi connectivity index (χ2v) is 12.3. The zero-order valence-electron chi connectivity index (χ0n) is 27.8. The van der Waals surface area contributed by atoms with Gasteiger partial charge in [0, 0.05) is 94.9 Å². The molecule has 48 heavy (non-hydrogen) atoms. The predicted molar refractivity (Wildman–Crippen MR) is 181 cm³/mol. The average molecular weight is 664 g/mol. The number of fused-ring (bicyclic) bond motifs is 3. The number of hydrogen-bond donors (Lipinski definition) is 1. The molecule has 2 aliphatic rings. The lowest BCUT2D eigenvalue weighted by molar-refractivity contribution is -0.127. The van der Waals surface area contributed by atoms with E-state index < -0.39 is 11.6 Å². The van der Waals surface area contributed by atoms with Gasteiger partial charge in [0.25, 0.3) is 0 Å². The van der Waals surface area contributed by atoms with E-state index >= 15 is 8.78 Å². The van der Waals surface area contributed by atoms with Crippen LogP contribution in [-0.2, 0) is 11.2 Å². The highest BCUT2D eigenvalue weighted by Crippen LogP contribution is 2.40. The van der Waals surface area contributed by atoms with E-state index in [1.165, 1.54) is 26.4 Å². The standard InChI is InChI=1S/C34H43F2N9O3/c1-5-28(46)44-17-15-42(16-18-44)9-6-7-24-22-45-32-23(21-38-34(40-32)37-8-10-43-13-11-41(2)12-14-43)19-25(33(45)39-24)29-30(35)26(47-3)20-27(48-4)31(29)36/h5,19-22H,1,6-18H2,2-4H3,(H,37,38,40). The maximum Gasteiger partial charge on any atom is 0.246 e. The summed E-state index contributed by atoms with van der Waals surface area (Å²) in [6, 6.07) is 2.86. The van der Waals surface area contributed by atoms with Crippen LogP contribution in [0, 0.1) is 11.6 Å². The smallest absolute Gasteiger partial charge is 0.246 e. The highest BCUT2D eigenvalue weighted by molar-refractivity contribution is 5.91. The number of methoxy groups -OCH3 is 2. The monoisotopic (exact) mass is 663 g/mol. The predicted octanol–water partition coefficient (Wildman–Crippen LogP) is 3.16. The minimum atomic E-state index is -0.848. The largest absolute Gasteiger partial charge is 0.494 e. The third kappa shape index (κ3) is 7.05. The molecular weight excluding hydrogens is 620 g/mol. The Hall–Kier alpha value is -4.40. The average Bonchev–Trinajstić information content (AvgIpc) is 3.54. The molecule has 5 heterocycles. The number of anilines is 1. The number of nitrogens with zero attached hydrogens (tertiary/aromatic N) is 8. The van der Waals surface area contributed by atoms with Crippen LogP contribution in [0.15, 0.2) is 37.2 Å². The summed E-state index contributed by atoms with van der Waals surface area (Å²) in [4.78, 5) is 35.1. The molecule has 2 aliphatic heterocycles. The number of carbonyl (C=O) groups excluding carboxylic acids is 1. The Morgan fingerprint density at radius 1 is 0.938 bits per heavy atom. The van der Waals surface area contributed by atoms with E-state index in [4.69, 9.17) is 19.4 Å². The Balaban J connectivity index is 1.29. The molecule has 4 aromatic rings. The fraction of sp³-hybridized carbons (Fsp3) is 0.471. The summed E-state index contributed by atoms with van der Waals surface area (Å²) >= 11 is 0. The van der Waals surface area contributed by atoms with Crippen molar-refractivity contribution < 1.29 is 23.0 Å². The van der Waals surface area contributed by atoms with Crippen molar-refractivity contribution >= 4 is 28.5 Å². The molecule has 0 aliphatic carbocycles. The number of halogens is 2. The number of rotatable bonds is 12. The van der Waals surface area contributed by atoms with Crippen molar-refractivity contribution in [1.82, 2.24) is 39.0 Å². The van der Waals surface area contributed by atoms with Gasteiger partial charge in [0.05, 0.1) is 25.5 Å². The highest BCUT2D eigenvalue weighted by atomic mass is 19.1. The minimum absolute atomic E-state index is 0.0406. The first-order valence-electron chi connectivity index (χ1n) is 16.4. The van der Waals surface area contributed by atoms with Crippen molar-refractivity contribution in [2.24, 2.45) is 0 Å². The number of aryl methyl sites for hydroxylation is 1. The Morgan fingerprint density at radius 3 is 2.27 bits per heavy atom. The van der Waals surface area contributed by atoms with Gasteiger partial charge in [0.1, 0.15) is 5.65 Å². The van der Waals surface area contributed by atoms with Crippen LogP contribution in [0.2, 0.25) is 0 Å². The molecule has 256 valence electrons. The zero-order chi connectivity index (χ0) is 33.8. The van der Waals surface area contributed by atoms with Gasteiger partial charge < -0.3 is 24.6 Å². The summed E-state index contributed by atoms with van der Waals surface area (Å²) in [5.74, 6) is -1.55. The third-order valence-electron chi connectivity index (χ3n) is 9.24. The van der Waals surface area contributed by atoms with Crippen LogP contribution in [0.1, 0.15) is 12.1 Å². The Morgan fingerprint density at radius 2 is 1.60 bits per heavy atom. The van der Waals surface area contributed by atoms with Crippen molar-refractivity contribution in [2.45, 2.75) is 12.8 Å². The number of aromatic nitrogens is 4. The van der Waals surface area contributed by atoms with Crippen LogP contribution in [0.3, 0.4) is 0 Å². The van der Waals surface area contributed by atoms with E-state index in [0.717, 1.165) is 64.5 Å². The Kier molecular flexibility index (Phi) is 10.3. The topological polar surface area (TPSA) is 104 Å². The molecule has 0 atom stereocenters. The number of pyridine rings is 1. The Labute approximate surface area is 278 Å². The fourth-order valence-corrected chi connectivity index (χ4v) is 6.39. The quantitative estimate of drug-likeness (QED) is 0.228. The molecular formula is C34H43F2N9O3. The van der Waals surface area contributed by atoms with Crippen LogP contribution >= 0.6 is 0 Å². The van der Waals surface area contributed by atoms with Gasteiger partial charge in [-0.1, -0.05) is 6.58 Å². The van der Waals surface area contributed by atoms with Crippen LogP contribution < -0.4 is 14.8 Å². The summed E-state index contributed by atoms with van der Waals surface area (Å²) in [6.07, 6.45) is 6.36. The van der Waals surface area contributed by atoms with Crippen molar-refractivity contribution in [1.29, 1.82) is 0 Å². The number of hydrogen-bond acceptors (Lipinski definition) is 10. The number of ether oxygens (including phenoxy) is 2. The van der Waals surface area contributed by atoms with Gasteiger partial charge in [0.15, 0.2) is 28.8 Å². The number of benzene rings is 1. The summed E-state index contributed by atoms with van der Waals surface area (Å²) in [5.41, 5.74) is 1.65. The van der Waals surface area contributed by atoms with Crippen LogP contribution in [0.4, 0.5) is 14.7 Å². The second kappa shape index (κ2) is 14.8. The molecule has 1 aromatic carbocycles. The number of carbonyl (C=O) groups is 1. The van der Waals surface area contributed by atoms with Gasteiger partial charge in [0.2, 0.25) is 11.9 Å². The number of nitrogens with one attached hydrogen (secondary N) is 1. The molecule has 0 bridgehead atoms. The lowest BCUT2D eigenvalue weighted by Crippen LogP contribution is -2.48. The van der Waals surface area contributed by atoms with Crippen LogP contribution in [-0.4, -0.2) is 138 Å². The molecule has 0 radical (unpaired) electrons. The van der Waals surface area contributed by atoms with Gasteiger partial charge in [-0.3, -0.25) is 19.0 Å². The molecule has 1 amide bonds. The van der Waals surface area contributed by atoms with Crippen molar-refractivity contribution in [3.8, 4) is 22.6 Å². The molecule has 6 rings (SSSR count). The lowest BCUT2D eigenvalue weighted by atomic mass is 10.0.